The van der Waals surface area contributed by atoms with E-state index in [2.05, 4.69) is 15.6 Å². The van der Waals surface area contributed by atoms with Crippen LogP contribution >= 0.6 is 0 Å². The largest absolute Gasteiger partial charge is 0.497 e. The second kappa shape index (κ2) is 10.9. The van der Waals surface area contributed by atoms with E-state index in [4.69, 9.17) is 4.74 Å². The van der Waals surface area contributed by atoms with Crippen LogP contribution in [0.2, 0.25) is 0 Å². The van der Waals surface area contributed by atoms with Crippen LogP contribution in [0.5, 0.6) is 5.75 Å². The normalized spacial score (nSPS) is 12.3. The smallest absolute Gasteiger partial charge is 0.211 e. The van der Waals surface area contributed by atoms with Gasteiger partial charge in [-0.2, -0.15) is 0 Å². The van der Waals surface area contributed by atoms with Gasteiger partial charge in [-0.25, -0.2) is 17.7 Å². The van der Waals surface area contributed by atoms with Crippen molar-refractivity contribution in [2.24, 2.45) is 4.99 Å². The van der Waals surface area contributed by atoms with E-state index in [0.717, 1.165) is 17.9 Å². The summed E-state index contributed by atoms with van der Waals surface area (Å²) >= 11 is 0. The molecule has 0 atom stereocenters. The average molecular weight is 371 g/mol. The number of methoxy groups -OCH3 is 1. The van der Waals surface area contributed by atoms with Crippen LogP contribution in [-0.2, 0) is 16.6 Å². The van der Waals surface area contributed by atoms with Crippen LogP contribution in [0.3, 0.4) is 0 Å². The van der Waals surface area contributed by atoms with Crippen molar-refractivity contribution in [3.63, 3.8) is 0 Å². The zero-order valence-electron chi connectivity index (χ0n) is 15.6. The van der Waals surface area contributed by atoms with Crippen LogP contribution in [0.25, 0.3) is 0 Å². The summed E-state index contributed by atoms with van der Waals surface area (Å²) in [6, 6.07) is 7.80. The molecule has 0 aliphatic heterocycles. The van der Waals surface area contributed by atoms with Crippen molar-refractivity contribution in [3.05, 3.63) is 29.8 Å². The van der Waals surface area contributed by atoms with Gasteiger partial charge in [0, 0.05) is 26.2 Å². The standard InChI is InChI=1S/C17H30N4O3S/c1-5-18-17(19-11-8-12-21(6-2)25(4,22)23)20-14-15-9-7-10-16(13-15)24-3/h7,9-10,13H,5-6,8,11-12,14H2,1-4H3,(H2,18,19,20). The first-order valence-corrected chi connectivity index (χ1v) is 10.4. The quantitative estimate of drug-likeness (QED) is 0.370. The van der Waals surface area contributed by atoms with Crippen LogP contribution in [0.1, 0.15) is 25.8 Å². The summed E-state index contributed by atoms with van der Waals surface area (Å²) in [6.07, 6.45) is 1.95. The topological polar surface area (TPSA) is 83.0 Å². The number of hydrogen-bond acceptors (Lipinski definition) is 4. The second-order valence-electron chi connectivity index (χ2n) is 5.58. The van der Waals surface area contributed by atoms with Crippen LogP contribution in [0.15, 0.2) is 29.3 Å². The highest BCUT2D eigenvalue weighted by Crippen LogP contribution is 2.13. The van der Waals surface area contributed by atoms with E-state index in [9.17, 15) is 8.42 Å². The van der Waals surface area contributed by atoms with E-state index >= 15 is 0 Å². The van der Waals surface area contributed by atoms with Crippen molar-refractivity contribution < 1.29 is 13.2 Å². The van der Waals surface area contributed by atoms with Gasteiger partial charge in [-0.05, 0) is 31.0 Å². The van der Waals surface area contributed by atoms with E-state index in [0.29, 0.717) is 38.6 Å². The molecule has 0 unspecified atom stereocenters. The third-order valence-corrected chi connectivity index (χ3v) is 4.98. The molecule has 0 heterocycles. The molecule has 0 bridgehead atoms. The SMILES string of the molecule is CCNC(=NCc1cccc(OC)c1)NCCCN(CC)S(C)(=O)=O. The highest BCUT2D eigenvalue weighted by atomic mass is 32.2. The number of sulfonamides is 1. The van der Waals surface area contributed by atoms with Crippen LogP contribution in [-0.4, -0.2) is 58.2 Å². The third-order valence-electron chi connectivity index (χ3n) is 3.60. The van der Waals surface area contributed by atoms with Gasteiger partial charge in [-0.1, -0.05) is 19.1 Å². The molecule has 2 N–H and O–H groups in total. The molecule has 25 heavy (non-hydrogen) atoms. The van der Waals surface area contributed by atoms with Crippen molar-refractivity contribution in [2.45, 2.75) is 26.8 Å². The van der Waals surface area contributed by atoms with Crippen LogP contribution < -0.4 is 15.4 Å². The number of nitrogens with zero attached hydrogens (tertiary/aromatic N) is 2. The number of aliphatic imine (C=N–C) groups is 1. The van der Waals surface area contributed by atoms with Gasteiger partial charge >= 0.3 is 0 Å². The minimum atomic E-state index is -3.13. The number of guanidine groups is 1. The van der Waals surface area contributed by atoms with E-state index in [1.54, 1.807) is 7.11 Å². The van der Waals surface area contributed by atoms with Crippen molar-refractivity contribution in [2.75, 3.05) is 39.5 Å². The maximum atomic E-state index is 11.6. The van der Waals surface area contributed by atoms with Gasteiger partial charge in [0.15, 0.2) is 5.96 Å². The summed E-state index contributed by atoms with van der Waals surface area (Å²) in [5, 5.41) is 6.43. The molecular weight excluding hydrogens is 340 g/mol. The summed E-state index contributed by atoms with van der Waals surface area (Å²) in [7, 11) is -1.49. The molecule has 0 radical (unpaired) electrons. The molecule has 1 aromatic rings. The monoisotopic (exact) mass is 370 g/mol. The van der Waals surface area contributed by atoms with Crippen LogP contribution in [0, 0.1) is 0 Å². The molecule has 1 rings (SSSR count). The summed E-state index contributed by atoms with van der Waals surface area (Å²) < 4.78 is 29.8. The highest BCUT2D eigenvalue weighted by molar-refractivity contribution is 7.88. The zero-order valence-corrected chi connectivity index (χ0v) is 16.4. The Kier molecular flexibility index (Phi) is 9.30. The Hall–Kier alpha value is -1.80. The van der Waals surface area contributed by atoms with Crippen molar-refractivity contribution in [1.82, 2.24) is 14.9 Å². The van der Waals surface area contributed by atoms with Gasteiger partial charge < -0.3 is 15.4 Å². The predicted octanol–water partition coefficient (Wildman–Crippen LogP) is 1.42. The molecule has 0 fully saturated rings. The van der Waals surface area contributed by atoms with E-state index in [1.165, 1.54) is 10.6 Å². The third kappa shape index (κ3) is 8.22. The molecular formula is C17H30N4O3S. The molecule has 0 amide bonds. The Labute approximate surface area is 151 Å². The Balaban J connectivity index is 2.53. The number of ether oxygens (including phenoxy) is 1. The minimum Gasteiger partial charge on any atom is -0.497 e. The highest BCUT2D eigenvalue weighted by Gasteiger charge is 2.13. The summed E-state index contributed by atoms with van der Waals surface area (Å²) in [5.74, 6) is 1.53. The van der Waals surface area contributed by atoms with Crippen LogP contribution in [0.4, 0.5) is 0 Å². The fourth-order valence-corrected chi connectivity index (χ4v) is 3.23. The van der Waals surface area contributed by atoms with E-state index in [-0.39, 0.29) is 0 Å². The summed E-state index contributed by atoms with van der Waals surface area (Å²) in [4.78, 5) is 4.55. The lowest BCUT2D eigenvalue weighted by molar-refractivity contribution is 0.414. The van der Waals surface area contributed by atoms with Gasteiger partial charge in [0.25, 0.3) is 0 Å². The zero-order chi connectivity index (χ0) is 18.7. The summed E-state index contributed by atoms with van der Waals surface area (Å²) in [5.41, 5.74) is 1.06. The Bertz CT molecular complexity index is 647. The van der Waals surface area contributed by atoms with Gasteiger partial charge in [0.2, 0.25) is 10.0 Å². The maximum Gasteiger partial charge on any atom is 0.211 e. The maximum absolute atomic E-state index is 11.6. The van der Waals surface area contributed by atoms with Gasteiger partial charge in [-0.15, -0.1) is 0 Å². The fourth-order valence-electron chi connectivity index (χ4n) is 2.30. The summed E-state index contributed by atoms with van der Waals surface area (Å²) in [6.45, 7) is 6.78. The predicted molar refractivity (Wildman–Crippen MR) is 103 cm³/mol. The molecule has 0 saturated carbocycles. The van der Waals surface area contributed by atoms with Crippen molar-refractivity contribution in [3.8, 4) is 5.75 Å². The lowest BCUT2D eigenvalue weighted by atomic mass is 10.2. The lowest BCUT2D eigenvalue weighted by Gasteiger charge is -2.18. The van der Waals surface area contributed by atoms with Gasteiger partial charge in [-0.3, -0.25) is 0 Å². The number of hydrogen-bond donors (Lipinski definition) is 2. The molecule has 8 heteroatoms. The Morgan fingerprint density at radius 2 is 2.04 bits per heavy atom. The van der Waals surface area contributed by atoms with Gasteiger partial charge in [0.05, 0.1) is 19.9 Å². The molecule has 0 spiro atoms. The molecule has 0 aliphatic carbocycles. The first-order valence-electron chi connectivity index (χ1n) is 8.51. The molecule has 1 aromatic carbocycles. The van der Waals surface area contributed by atoms with Crippen molar-refractivity contribution in [1.29, 1.82) is 0 Å². The number of benzene rings is 1. The van der Waals surface area contributed by atoms with Gasteiger partial charge in [0.1, 0.15) is 5.75 Å². The Morgan fingerprint density at radius 3 is 2.64 bits per heavy atom. The lowest BCUT2D eigenvalue weighted by Crippen LogP contribution is -2.39. The second-order valence-corrected chi connectivity index (χ2v) is 7.56. The average Bonchev–Trinajstić information content (AvgIpc) is 2.58. The minimum absolute atomic E-state index is 0.489. The number of nitrogens with one attached hydrogen (secondary N) is 2. The van der Waals surface area contributed by atoms with E-state index < -0.39 is 10.0 Å². The first-order chi connectivity index (χ1) is 11.9. The number of rotatable bonds is 10. The molecule has 7 nitrogen and oxygen atoms in total. The van der Waals surface area contributed by atoms with Crippen molar-refractivity contribution >= 4 is 16.0 Å². The fraction of sp³-hybridized carbons (Fsp3) is 0.588. The molecule has 142 valence electrons. The molecule has 0 saturated heterocycles. The molecule has 0 aromatic heterocycles. The molecule has 0 aliphatic rings. The van der Waals surface area contributed by atoms with E-state index in [1.807, 2.05) is 38.1 Å². The first kappa shape index (κ1) is 21.2. The Morgan fingerprint density at radius 1 is 1.28 bits per heavy atom.